The van der Waals surface area contributed by atoms with E-state index in [2.05, 4.69) is 15.6 Å². The number of carbonyl (C=O) groups is 2. The van der Waals surface area contributed by atoms with Crippen molar-refractivity contribution >= 4 is 28.5 Å². The highest BCUT2D eigenvalue weighted by Crippen LogP contribution is 2.16. The predicted molar refractivity (Wildman–Crippen MR) is 84.7 cm³/mol. The summed E-state index contributed by atoms with van der Waals surface area (Å²) in [4.78, 5) is 28.6. The topological polar surface area (TPSA) is 80.3 Å². The van der Waals surface area contributed by atoms with Gasteiger partial charge in [-0.3, -0.25) is 4.79 Å². The Hall–Kier alpha value is -2.41. The van der Waals surface area contributed by atoms with Crippen molar-refractivity contribution in [1.82, 2.24) is 10.3 Å². The SMILES string of the molecule is Cc1cnc(NC(=O)[C@H](C)NC(=O)OCc2ccccc2)s1. The van der Waals surface area contributed by atoms with Gasteiger partial charge >= 0.3 is 6.09 Å². The Labute approximate surface area is 132 Å². The van der Waals surface area contributed by atoms with Gasteiger partial charge in [-0.15, -0.1) is 11.3 Å². The van der Waals surface area contributed by atoms with E-state index in [1.807, 2.05) is 37.3 Å². The maximum Gasteiger partial charge on any atom is 0.408 e. The van der Waals surface area contributed by atoms with Gasteiger partial charge in [-0.05, 0) is 19.4 Å². The van der Waals surface area contributed by atoms with E-state index < -0.39 is 12.1 Å². The molecule has 0 radical (unpaired) electrons. The fourth-order valence-corrected chi connectivity index (χ4v) is 2.30. The maximum absolute atomic E-state index is 11.9. The number of carbonyl (C=O) groups excluding carboxylic acids is 2. The molecule has 0 aliphatic heterocycles. The van der Waals surface area contributed by atoms with E-state index in [9.17, 15) is 9.59 Å². The first-order valence-corrected chi connectivity index (χ1v) is 7.57. The molecule has 1 atom stereocenters. The van der Waals surface area contributed by atoms with Crippen molar-refractivity contribution in [3.05, 3.63) is 47.0 Å². The Morgan fingerprint density at radius 1 is 1.32 bits per heavy atom. The second-order valence-electron chi connectivity index (χ2n) is 4.69. The predicted octanol–water partition coefficient (Wildman–Crippen LogP) is 2.70. The van der Waals surface area contributed by atoms with Crippen molar-refractivity contribution in [1.29, 1.82) is 0 Å². The molecular weight excluding hydrogens is 302 g/mol. The van der Waals surface area contributed by atoms with Gasteiger partial charge in [-0.1, -0.05) is 30.3 Å². The van der Waals surface area contributed by atoms with Gasteiger partial charge in [0.05, 0.1) is 0 Å². The van der Waals surface area contributed by atoms with Crippen LogP contribution in [0, 0.1) is 6.92 Å². The zero-order valence-electron chi connectivity index (χ0n) is 12.3. The van der Waals surface area contributed by atoms with Crippen LogP contribution in [-0.2, 0) is 16.1 Å². The van der Waals surface area contributed by atoms with Crippen LogP contribution in [0.25, 0.3) is 0 Å². The van der Waals surface area contributed by atoms with E-state index in [0.29, 0.717) is 5.13 Å². The average molecular weight is 319 g/mol. The molecule has 0 aliphatic rings. The summed E-state index contributed by atoms with van der Waals surface area (Å²) in [7, 11) is 0. The molecule has 0 saturated heterocycles. The van der Waals surface area contributed by atoms with E-state index in [1.54, 1.807) is 13.1 Å². The van der Waals surface area contributed by atoms with Crippen molar-refractivity contribution in [3.8, 4) is 0 Å². The molecule has 7 heteroatoms. The molecule has 116 valence electrons. The second kappa shape index (κ2) is 7.56. The highest BCUT2D eigenvalue weighted by molar-refractivity contribution is 7.15. The third-order valence-corrected chi connectivity index (χ3v) is 3.62. The molecule has 0 fully saturated rings. The number of rotatable bonds is 5. The molecule has 0 unspecified atom stereocenters. The Morgan fingerprint density at radius 3 is 2.68 bits per heavy atom. The number of amides is 2. The van der Waals surface area contributed by atoms with Gasteiger partial charge in [0.15, 0.2) is 5.13 Å². The van der Waals surface area contributed by atoms with Crippen LogP contribution in [0.2, 0.25) is 0 Å². The van der Waals surface area contributed by atoms with Gasteiger partial charge in [0, 0.05) is 11.1 Å². The fraction of sp³-hybridized carbons (Fsp3) is 0.267. The molecular formula is C15H17N3O3S. The van der Waals surface area contributed by atoms with Crippen molar-refractivity contribution in [2.45, 2.75) is 26.5 Å². The van der Waals surface area contributed by atoms with Gasteiger partial charge in [-0.25, -0.2) is 9.78 Å². The molecule has 2 N–H and O–H groups in total. The first kappa shape index (κ1) is 16.0. The van der Waals surface area contributed by atoms with Crippen molar-refractivity contribution < 1.29 is 14.3 Å². The number of hydrogen-bond acceptors (Lipinski definition) is 5. The zero-order chi connectivity index (χ0) is 15.9. The normalized spacial score (nSPS) is 11.5. The summed E-state index contributed by atoms with van der Waals surface area (Å²) in [5, 5.41) is 5.63. The summed E-state index contributed by atoms with van der Waals surface area (Å²) in [6.45, 7) is 3.64. The fourth-order valence-electron chi connectivity index (χ4n) is 1.63. The van der Waals surface area contributed by atoms with Crippen molar-refractivity contribution in [2.75, 3.05) is 5.32 Å². The first-order valence-electron chi connectivity index (χ1n) is 6.75. The summed E-state index contributed by atoms with van der Waals surface area (Å²) < 4.78 is 5.06. The van der Waals surface area contributed by atoms with Gasteiger partial charge in [0.1, 0.15) is 12.6 Å². The number of hydrogen-bond donors (Lipinski definition) is 2. The Morgan fingerprint density at radius 2 is 2.05 bits per heavy atom. The van der Waals surface area contributed by atoms with E-state index in [-0.39, 0.29) is 12.5 Å². The van der Waals surface area contributed by atoms with Crippen LogP contribution in [0.3, 0.4) is 0 Å². The number of alkyl carbamates (subject to hydrolysis) is 1. The lowest BCUT2D eigenvalue weighted by Gasteiger charge is -2.13. The smallest absolute Gasteiger partial charge is 0.408 e. The third-order valence-electron chi connectivity index (χ3n) is 2.79. The molecule has 0 aliphatic carbocycles. The summed E-state index contributed by atoms with van der Waals surface area (Å²) >= 11 is 1.37. The Kier molecular flexibility index (Phi) is 5.48. The lowest BCUT2D eigenvalue weighted by Crippen LogP contribution is -2.41. The second-order valence-corrected chi connectivity index (χ2v) is 5.93. The first-order chi connectivity index (χ1) is 10.5. The molecule has 2 aromatic rings. The monoisotopic (exact) mass is 319 g/mol. The number of benzene rings is 1. The molecule has 22 heavy (non-hydrogen) atoms. The van der Waals surface area contributed by atoms with Gasteiger partial charge in [0.25, 0.3) is 0 Å². The largest absolute Gasteiger partial charge is 0.445 e. The summed E-state index contributed by atoms with van der Waals surface area (Å²) in [6.07, 6.45) is 1.04. The number of ether oxygens (including phenoxy) is 1. The zero-order valence-corrected chi connectivity index (χ0v) is 13.1. The highest BCUT2D eigenvalue weighted by Gasteiger charge is 2.17. The Bertz CT molecular complexity index is 642. The summed E-state index contributed by atoms with van der Waals surface area (Å²) in [5.41, 5.74) is 0.882. The van der Waals surface area contributed by atoms with Gasteiger partial charge < -0.3 is 15.4 Å². The van der Waals surface area contributed by atoms with Crippen LogP contribution < -0.4 is 10.6 Å². The van der Waals surface area contributed by atoms with Crippen molar-refractivity contribution in [3.63, 3.8) is 0 Å². The molecule has 2 amide bonds. The number of nitrogens with one attached hydrogen (secondary N) is 2. The van der Waals surface area contributed by atoms with Crippen LogP contribution in [-0.4, -0.2) is 23.0 Å². The van der Waals surface area contributed by atoms with E-state index in [1.165, 1.54) is 11.3 Å². The summed E-state index contributed by atoms with van der Waals surface area (Å²) in [6, 6.07) is 8.61. The van der Waals surface area contributed by atoms with E-state index in [0.717, 1.165) is 10.4 Å². The lowest BCUT2D eigenvalue weighted by atomic mass is 10.2. The quantitative estimate of drug-likeness (QED) is 0.888. The van der Waals surface area contributed by atoms with Crippen molar-refractivity contribution in [2.24, 2.45) is 0 Å². The van der Waals surface area contributed by atoms with Crippen LogP contribution in [0.1, 0.15) is 17.4 Å². The minimum absolute atomic E-state index is 0.159. The average Bonchev–Trinajstić information content (AvgIpc) is 2.91. The Balaban J connectivity index is 1.76. The van der Waals surface area contributed by atoms with E-state index >= 15 is 0 Å². The lowest BCUT2D eigenvalue weighted by molar-refractivity contribution is -0.117. The van der Waals surface area contributed by atoms with Crippen LogP contribution in [0.15, 0.2) is 36.5 Å². The van der Waals surface area contributed by atoms with Crippen LogP contribution >= 0.6 is 11.3 Å². The number of anilines is 1. The van der Waals surface area contributed by atoms with Gasteiger partial charge in [-0.2, -0.15) is 0 Å². The standard InChI is InChI=1S/C15H17N3O3S/c1-10-8-16-14(22-10)18-13(19)11(2)17-15(20)21-9-12-6-4-3-5-7-12/h3-8,11H,9H2,1-2H3,(H,17,20)(H,16,18,19)/t11-/m0/s1. The van der Waals surface area contributed by atoms with Crippen LogP contribution in [0.5, 0.6) is 0 Å². The maximum atomic E-state index is 11.9. The highest BCUT2D eigenvalue weighted by atomic mass is 32.1. The molecule has 1 heterocycles. The van der Waals surface area contributed by atoms with Crippen LogP contribution in [0.4, 0.5) is 9.93 Å². The number of thiazole rings is 1. The molecule has 1 aromatic carbocycles. The molecule has 2 rings (SSSR count). The van der Waals surface area contributed by atoms with Gasteiger partial charge in [0.2, 0.25) is 5.91 Å². The summed E-state index contributed by atoms with van der Waals surface area (Å²) in [5.74, 6) is -0.342. The molecule has 0 bridgehead atoms. The molecule has 0 spiro atoms. The number of aromatic nitrogens is 1. The number of aryl methyl sites for hydroxylation is 1. The minimum Gasteiger partial charge on any atom is -0.445 e. The van der Waals surface area contributed by atoms with E-state index in [4.69, 9.17) is 4.74 Å². The molecule has 6 nitrogen and oxygen atoms in total. The minimum atomic E-state index is -0.715. The third kappa shape index (κ3) is 4.85. The molecule has 1 aromatic heterocycles. The number of nitrogens with zero attached hydrogens (tertiary/aromatic N) is 1. The molecule has 0 saturated carbocycles.